The number of esters is 1. The minimum Gasteiger partial charge on any atom is -0.460 e. The third-order valence-electron chi connectivity index (χ3n) is 9.09. The Labute approximate surface area is 163 Å². The van der Waals surface area contributed by atoms with Crippen molar-refractivity contribution in [1.29, 1.82) is 0 Å². The molecule has 4 rings (SSSR count). The number of Topliss-reactive ketones (excluding diaryl/α,β-unsaturated/α-hetero) is 1. The molecule has 27 heavy (non-hydrogen) atoms. The van der Waals surface area contributed by atoms with Gasteiger partial charge in [-0.05, 0) is 81.0 Å². The van der Waals surface area contributed by atoms with Crippen molar-refractivity contribution in [1.82, 2.24) is 0 Å². The van der Waals surface area contributed by atoms with Crippen LogP contribution in [0, 0.1) is 34.5 Å². The molecule has 0 aromatic heterocycles. The first-order chi connectivity index (χ1) is 12.9. The summed E-state index contributed by atoms with van der Waals surface area (Å²) in [5, 5.41) is 0. The largest absolute Gasteiger partial charge is 0.460 e. The second kappa shape index (κ2) is 7.17. The van der Waals surface area contributed by atoms with E-state index in [0.29, 0.717) is 29.6 Å². The second-order valence-corrected chi connectivity index (χ2v) is 10.1. The fourth-order valence-electron chi connectivity index (χ4n) is 7.57. The van der Waals surface area contributed by atoms with Crippen molar-refractivity contribution in [2.24, 2.45) is 34.5 Å². The van der Waals surface area contributed by atoms with Gasteiger partial charge in [-0.2, -0.15) is 0 Å². The van der Waals surface area contributed by atoms with E-state index in [0.717, 1.165) is 43.9 Å². The lowest BCUT2D eigenvalue weighted by Gasteiger charge is -2.60. The first-order valence-electron chi connectivity index (χ1n) is 11.2. The Hall–Kier alpha value is -0.900. The van der Waals surface area contributed by atoms with Gasteiger partial charge in [0, 0.05) is 24.9 Å². The van der Waals surface area contributed by atoms with Crippen LogP contribution in [0.25, 0.3) is 0 Å². The highest BCUT2D eigenvalue weighted by Crippen LogP contribution is 2.66. The van der Waals surface area contributed by atoms with Crippen molar-refractivity contribution in [2.45, 2.75) is 84.7 Å². The van der Waals surface area contributed by atoms with Crippen LogP contribution in [0.3, 0.4) is 0 Å². The maximum atomic E-state index is 12.1. The van der Waals surface area contributed by atoms with Crippen molar-refractivity contribution in [3.63, 3.8) is 0 Å². The minimum absolute atomic E-state index is 0.0508. The molecule has 7 atom stereocenters. The number of hydrogen-bond donors (Lipinski definition) is 0. The van der Waals surface area contributed by atoms with Gasteiger partial charge in [-0.1, -0.05) is 13.8 Å². The Morgan fingerprint density at radius 3 is 2.59 bits per heavy atom. The van der Waals surface area contributed by atoms with Gasteiger partial charge in [-0.15, -0.1) is 0 Å². The molecule has 0 bridgehead atoms. The summed E-state index contributed by atoms with van der Waals surface area (Å²) in [4.78, 5) is 24.2. The van der Waals surface area contributed by atoms with Crippen LogP contribution < -0.4 is 0 Å². The monoisotopic (exact) mass is 376 g/mol. The first kappa shape index (κ1) is 19.4. The zero-order valence-corrected chi connectivity index (χ0v) is 17.3. The number of carbonyl (C=O) groups excluding carboxylic acids is 2. The molecule has 4 nitrogen and oxygen atoms in total. The maximum absolute atomic E-state index is 12.1. The highest BCUT2D eigenvalue weighted by Gasteiger charge is 2.61. The zero-order chi connectivity index (χ0) is 19.2. The Morgan fingerprint density at radius 1 is 1.04 bits per heavy atom. The van der Waals surface area contributed by atoms with Crippen LogP contribution in [-0.4, -0.2) is 31.1 Å². The number of ketones is 1. The average Bonchev–Trinajstić information content (AvgIpc) is 2.97. The van der Waals surface area contributed by atoms with Crippen LogP contribution in [0.5, 0.6) is 0 Å². The normalized spacial score (nSPS) is 46.3. The molecule has 0 aromatic carbocycles. The van der Waals surface area contributed by atoms with Crippen molar-refractivity contribution < 1.29 is 19.1 Å². The summed E-state index contributed by atoms with van der Waals surface area (Å²) in [6.07, 6.45) is 9.80. The molecule has 4 saturated carbocycles. The van der Waals surface area contributed by atoms with Crippen LogP contribution in [-0.2, 0) is 19.1 Å². The Morgan fingerprint density at radius 2 is 1.81 bits per heavy atom. The second-order valence-electron chi connectivity index (χ2n) is 10.1. The summed E-state index contributed by atoms with van der Waals surface area (Å²) in [6.45, 7) is 7.38. The van der Waals surface area contributed by atoms with E-state index in [-0.39, 0.29) is 24.1 Å². The number of ether oxygens (including phenoxy) is 2. The van der Waals surface area contributed by atoms with E-state index in [1.807, 2.05) is 6.92 Å². The van der Waals surface area contributed by atoms with Gasteiger partial charge in [-0.3, -0.25) is 4.79 Å². The summed E-state index contributed by atoms with van der Waals surface area (Å²) in [6, 6.07) is 0. The first-order valence-corrected chi connectivity index (χ1v) is 11.2. The van der Waals surface area contributed by atoms with Crippen LogP contribution in [0.15, 0.2) is 0 Å². The molecule has 4 fully saturated rings. The van der Waals surface area contributed by atoms with E-state index in [2.05, 4.69) is 13.8 Å². The quantitative estimate of drug-likeness (QED) is 0.676. The molecule has 0 amide bonds. The molecule has 4 heteroatoms. The van der Waals surface area contributed by atoms with E-state index in [1.54, 1.807) is 0 Å². The molecule has 0 aromatic rings. The average molecular weight is 377 g/mol. The fraction of sp³-hybridized carbons (Fsp3) is 0.913. The van der Waals surface area contributed by atoms with Gasteiger partial charge in [0.15, 0.2) is 0 Å². The van der Waals surface area contributed by atoms with E-state index in [9.17, 15) is 9.59 Å². The summed E-state index contributed by atoms with van der Waals surface area (Å²) >= 11 is 0. The lowest BCUT2D eigenvalue weighted by molar-refractivity contribution is -0.168. The third kappa shape index (κ3) is 3.16. The van der Waals surface area contributed by atoms with E-state index in [1.165, 1.54) is 25.7 Å². The predicted octanol–water partition coefficient (Wildman–Crippen LogP) is 4.55. The predicted molar refractivity (Wildman–Crippen MR) is 103 cm³/mol. The van der Waals surface area contributed by atoms with Gasteiger partial charge < -0.3 is 9.47 Å². The summed E-state index contributed by atoms with van der Waals surface area (Å²) < 4.78 is 11.1. The van der Waals surface area contributed by atoms with Crippen molar-refractivity contribution in [3.8, 4) is 0 Å². The molecule has 0 saturated heterocycles. The summed E-state index contributed by atoms with van der Waals surface area (Å²) in [7, 11) is 0. The van der Waals surface area contributed by atoms with Crippen molar-refractivity contribution in [3.05, 3.63) is 0 Å². The molecule has 0 aliphatic heterocycles. The van der Waals surface area contributed by atoms with Crippen LogP contribution in [0.4, 0.5) is 0 Å². The van der Waals surface area contributed by atoms with Crippen molar-refractivity contribution in [2.75, 3.05) is 13.2 Å². The van der Waals surface area contributed by atoms with Crippen LogP contribution in [0.1, 0.15) is 78.6 Å². The third-order valence-corrected chi connectivity index (χ3v) is 9.09. The molecular formula is C23H36O4. The molecule has 0 heterocycles. The number of carbonyl (C=O) groups is 2. The lowest BCUT2D eigenvalue weighted by Crippen LogP contribution is -2.54. The van der Waals surface area contributed by atoms with Gasteiger partial charge in [0.1, 0.15) is 18.5 Å². The topological polar surface area (TPSA) is 52.6 Å². The SMILES string of the molecule is CCOCC(=O)O[C@H]1CC[C@H]2[C@@H]3CCC4CC(=O)CC[C@]4(C)[C@H]3CC[C@]12C. The molecule has 0 N–H and O–H groups in total. The Balaban J connectivity index is 1.49. The summed E-state index contributed by atoms with van der Waals surface area (Å²) in [5.74, 6) is 3.04. The lowest BCUT2D eigenvalue weighted by atomic mass is 9.45. The molecule has 0 radical (unpaired) electrons. The van der Waals surface area contributed by atoms with Gasteiger partial charge >= 0.3 is 5.97 Å². The maximum Gasteiger partial charge on any atom is 0.332 e. The molecular weight excluding hydrogens is 340 g/mol. The molecule has 0 spiro atoms. The Bertz CT molecular complexity index is 601. The number of rotatable bonds is 4. The van der Waals surface area contributed by atoms with Crippen LogP contribution >= 0.6 is 0 Å². The van der Waals surface area contributed by atoms with Gasteiger partial charge in [-0.25, -0.2) is 4.79 Å². The fourth-order valence-corrected chi connectivity index (χ4v) is 7.57. The van der Waals surface area contributed by atoms with Gasteiger partial charge in [0.05, 0.1) is 0 Å². The number of hydrogen-bond acceptors (Lipinski definition) is 4. The van der Waals surface area contributed by atoms with E-state index < -0.39 is 0 Å². The smallest absolute Gasteiger partial charge is 0.332 e. The molecule has 4 aliphatic rings. The van der Waals surface area contributed by atoms with E-state index >= 15 is 0 Å². The minimum atomic E-state index is -0.202. The van der Waals surface area contributed by atoms with Gasteiger partial charge in [0.25, 0.3) is 0 Å². The Kier molecular flexibility index (Phi) is 5.15. The standard InChI is InChI=1S/C23H36O4/c1-4-26-14-21(25)27-20-8-7-18-17-6-5-15-13-16(24)9-11-22(15,2)19(17)10-12-23(18,20)3/h15,17-20H,4-14H2,1-3H3/t15?,17-,18-,19-,20-,22-,23-/m0/s1. The molecule has 152 valence electrons. The zero-order valence-electron chi connectivity index (χ0n) is 17.3. The molecule has 1 unspecified atom stereocenters. The highest BCUT2D eigenvalue weighted by atomic mass is 16.6. The van der Waals surface area contributed by atoms with Crippen molar-refractivity contribution >= 4 is 11.8 Å². The van der Waals surface area contributed by atoms with E-state index in [4.69, 9.17) is 9.47 Å². The summed E-state index contributed by atoms with van der Waals surface area (Å²) in [5.41, 5.74) is 0.471. The van der Waals surface area contributed by atoms with Gasteiger partial charge in [0.2, 0.25) is 0 Å². The number of fused-ring (bicyclic) bond motifs is 5. The van der Waals surface area contributed by atoms with Crippen LogP contribution in [0.2, 0.25) is 0 Å². The highest BCUT2D eigenvalue weighted by molar-refractivity contribution is 5.79. The molecule has 4 aliphatic carbocycles.